The van der Waals surface area contributed by atoms with Gasteiger partial charge in [0.25, 0.3) is 0 Å². The number of nitrogens with one attached hydrogen (secondary N) is 1. The predicted octanol–water partition coefficient (Wildman–Crippen LogP) is 1.34. The Morgan fingerprint density at radius 2 is 2.29 bits per heavy atom. The Labute approximate surface area is 105 Å². The van der Waals surface area contributed by atoms with Gasteiger partial charge < -0.3 is 0 Å². The largest absolute Gasteiger partial charge is 0.240 e. The van der Waals surface area contributed by atoms with Crippen molar-refractivity contribution in [2.24, 2.45) is 0 Å². The summed E-state index contributed by atoms with van der Waals surface area (Å²) in [6.45, 7) is 0. The second kappa shape index (κ2) is 5.08. The summed E-state index contributed by atoms with van der Waals surface area (Å²) in [7, 11) is -3.49. The molecule has 1 aliphatic rings. The van der Waals surface area contributed by atoms with Crippen molar-refractivity contribution in [1.29, 1.82) is 5.26 Å². The van der Waals surface area contributed by atoms with E-state index in [0.717, 1.165) is 17.9 Å². The lowest BCUT2D eigenvalue weighted by atomic mass is 10.2. The molecule has 0 saturated carbocycles. The average molecular weight is 268 g/mol. The molecule has 17 heavy (non-hydrogen) atoms. The Balaban J connectivity index is 2.22. The van der Waals surface area contributed by atoms with Gasteiger partial charge in [-0.3, -0.25) is 0 Å². The van der Waals surface area contributed by atoms with Crippen molar-refractivity contribution in [3.8, 4) is 6.07 Å². The highest BCUT2D eigenvalue weighted by Crippen LogP contribution is 2.19. The van der Waals surface area contributed by atoms with Gasteiger partial charge in [0.2, 0.25) is 10.0 Å². The van der Waals surface area contributed by atoms with Crippen LogP contribution in [0.25, 0.3) is 0 Å². The Bertz CT molecular complexity index is 543. The highest BCUT2D eigenvalue weighted by molar-refractivity contribution is 7.99. The van der Waals surface area contributed by atoms with Crippen molar-refractivity contribution in [1.82, 2.24) is 4.72 Å². The van der Waals surface area contributed by atoms with E-state index in [-0.39, 0.29) is 10.9 Å². The summed E-state index contributed by atoms with van der Waals surface area (Å²) in [5.41, 5.74) is 0.355. The van der Waals surface area contributed by atoms with Gasteiger partial charge in [-0.25, -0.2) is 13.1 Å². The number of thioether (sulfide) groups is 1. The maximum atomic E-state index is 12.0. The summed E-state index contributed by atoms with van der Waals surface area (Å²) >= 11 is 1.75. The summed E-state index contributed by atoms with van der Waals surface area (Å²) in [6.07, 6.45) is 0.863. The molecular formula is C11H12N2O2S2. The van der Waals surface area contributed by atoms with Crippen LogP contribution in [0, 0.1) is 11.3 Å². The van der Waals surface area contributed by atoms with Crippen LogP contribution in [0.1, 0.15) is 12.0 Å². The van der Waals surface area contributed by atoms with Gasteiger partial charge in [-0.1, -0.05) is 6.07 Å². The zero-order valence-corrected chi connectivity index (χ0v) is 10.7. The number of nitrogens with zero attached hydrogens (tertiary/aromatic N) is 1. The van der Waals surface area contributed by atoms with Gasteiger partial charge in [-0.15, -0.1) is 0 Å². The van der Waals surface area contributed by atoms with Crippen molar-refractivity contribution in [2.45, 2.75) is 17.4 Å². The van der Waals surface area contributed by atoms with E-state index < -0.39 is 10.0 Å². The van der Waals surface area contributed by atoms with Crippen LogP contribution in [0.3, 0.4) is 0 Å². The quantitative estimate of drug-likeness (QED) is 0.898. The highest BCUT2D eigenvalue weighted by Gasteiger charge is 2.23. The minimum Gasteiger partial charge on any atom is -0.207 e. The van der Waals surface area contributed by atoms with Crippen LogP contribution in [0.2, 0.25) is 0 Å². The number of hydrogen-bond donors (Lipinski definition) is 1. The highest BCUT2D eigenvalue weighted by atomic mass is 32.2. The van der Waals surface area contributed by atoms with E-state index in [1.807, 2.05) is 6.07 Å². The standard InChI is InChI=1S/C11H12N2O2S2/c12-7-9-2-1-3-11(6-9)17(14,15)13-10-4-5-16-8-10/h1-3,6,10,13H,4-5,8H2. The molecule has 0 radical (unpaired) electrons. The molecule has 4 nitrogen and oxygen atoms in total. The van der Waals surface area contributed by atoms with Gasteiger partial charge in [0.15, 0.2) is 0 Å². The Morgan fingerprint density at radius 3 is 2.94 bits per heavy atom. The molecule has 1 unspecified atom stereocenters. The van der Waals surface area contributed by atoms with Crippen LogP contribution >= 0.6 is 11.8 Å². The van der Waals surface area contributed by atoms with Gasteiger partial charge >= 0.3 is 0 Å². The minimum absolute atomic E-state index is 0.00995. The van der Waals surface area contributed by atoms with Gasteiger partial charge in [0.1, 0.15) is 0 Å². The Hall–Kier alpha value is -1.03. The lowest BCUT2D eigenvalue weighted by molar-refractivity contribution is 0.563. The smallest absolute Gasteiger partial charge is 0.207 e. The minimum atomic E-state index is -3.49. The number of hydrogen-bond acceptors (Lipinski definition) is 4. The first-order valence-electron chi connectivity index (χ1n) is 5.22. The normalized spacial score (nSPS) is 20.1. The van der Waals surface area contributed by atoms with Crippen molar-refractivity contribution < 1.29 is 8.42 Å². The molecule has 0 spiro atoms. The lowest BCUT2D eigenvalue weighted by Gasteiger charge is -2.11. The van der Waals surface area contributed by atoms with Crippen LogP contribution in [-0.2, 0) is 10.0 Å². The zero-order valence-electron chi connectivity index (χ0n) is 9.09. The topological polar surface area (TPSA) is 70.0 Å². The van der Waals surface area contributed by atoms with E-state index in [1.165, 1.54) is 12.1 Å². The van der Waals surface area contributed by atoms with Crippen LogP contribution < -0.4 is 4.72 Å². The first-order valence-corrected chi connectivity index (χ1v) is 7.86. The van der Waals surface area contributed by atoms with Crippen molar-refractivity contribution in [3.63, 3.8) is 0 Å². The molecule has 2 rings (SSSR count). The van der Waals surface area contributed by atoms with E-state index in [4.69, 9.17) is 5.26 Å². The first-order chi connectivity index (χ1) is 8.12. The predicted molar refractivity (Wildman–Crippen MR) is 67.2 cm³/mol. The van der Waals surface area contributed by atoms with Gasteiger partial charge in [-0.05, 0) is 30.4 Å². The third-order valence-corrected chi connectivity index (χ3v) is 5.21. The molecule has 0 aromatic heterocycles. The van der Waals surface area contributed by atoms with Crippen molar-refractivity contribution >= 4 is 21.8 Å². The molecule has 0 bridgehead atoms. The SMILES string of the molecule is N#Cc1cccc(S(=O)(=O)NC2CCSC2)c1. The fourth-order valence-electron chi connectivity index (χ4n) is 1.65. The molecule has 1 aromatic carbocycles. The molecule has 1 heterocycles. The van der Waals surface area contributed by atoms with Gasteiger partial charge in [0.05, 0.1) is 16.5 Å². The van der Waals surface area contributed by atoms with Gasteiger partial charge in [0, 0.05) is 11.8 Å². The van der Waals surface area contributed by atoms with Crippen LogP contribution in [0.15, 0.2) is 29.2 Å². The summed E-state index contributed by atoms with van der Waals surface area (Å²) in [4.78, 5) is 0.161. The number of nitriles is 1. The number of sulfonamides is 1. The molecule has 1 atom stereocenters. The van der Waals surface area contributed by atoms with Crippen LogP contribution in [-0.4, -0.2) is 26.0 Å². The summed E-state index contributed by atoms with van der Waals surface area (Å²) in [5, 5.41) is 8.74. The third kappa shape index (κ3) is 3.00. The average Bonchev–Trinajstić information content (AvgIpc) is 2.81. The summed E-state index contributed by atoms with van der Waals surface area (Å²) < 4.78 is 26.7. The fraction of sp³-hybridized carbons (Fsp3) is 0.364. The lowest BCUT2D eigenvalue weighted by Crippen LogP contribution is -2.34. The second-order valence-corrected chi connectivity index (χ2v) is 6.69. The van der Waals surface area contributed by atoms with Crippen LogP contribution in [0.4, 0.5) is 0 Å². The van der Waals surface area contributed by atoms with E-state index in [9.17, 15) is 8.42 Å². The third-order valence-electron chi connectivity index (χ3n) is 2.52. The van der Waals surface area contributed by atoms with Crippen molar-refractivity contribution in [2.75, 3.05) is 11.5 Å². The molecule has 6 heteroatoms. The zero-order chi connectivity index (χ0) is 12.3. The summed E-state index contributed by atoms with van der Waals surface area (Å²) in [6, 6.07) is 8.01. The molecule has 0 amide bonds. The fourth-order valence-corrected chi connectivity index (χ4v) is 4.22. The van der Waals surface area contributed by atoms with E-state index in [0.29, 0.717) is 5.56 Å². The van der Waals surface area contributed by atoms with E-state index >= 15 is 0 Å². The molecule has 90 valence electrons. The van der Waals surface area contributed by atoms with Crippen LogP contribution in [0.5, 0.6) is 0 Å². The van der Waals surface area contributed by atoms with Crippen molar-refractivity contribution in [3.05, 3.63) is 29.8 Å². The number of rotatable bonds is 3. The van der Waals surface area contributed by atoms with E-state index in [2.05, 4.69) is 4.72 Å². The first kappa shape index (κ1) is 12.4. The van der Waals surface area contributed by atoms with E-state index in [1.54, 1.807) is 23.9 Å². The molecule has 1 aromatic rings. The summed E-state index contributed by atoms with van der Waals surface area (Å²) in [5.74, 6) is 1.81. The number of benzene rings is 1. The monoisotopic (exact) mass is 268 g/mol. The molecule has 0 aliphatic carbocycles. The molecule has 1 fully saturated rings. The molecule has 1 aliphatic heterocycles. The maximum Gasteiger partial charge on any atom is 0.240 e. The Kier molecular flexibility index (Phi) is 3.72. The van der Waals surface area contributed by atoms with Gasteiger partial charge in [-0.2, -0.15) is 17.0 Å². The molecule has 1 N–H and O–H groups in total. The Morgan fingerprint density at radius 1 is 1.47 bits per heavy atom. The molecular weight excluding hydrogens is 256 g/mol. The second-order valence-electron chi connectivity index (χ2n) is 3.82. The molecule has 1 saturated heterocycles. The maximum absolute atomic E-state index is 12.0.